The number of halogens is 5. The molecule has 1 aromatic carbocycles. The Morgan fingerprint density at radius 3 is 1.63 bits per heavy atom. The molecule has 1 rings (SSSR count). The van der Waals surface area contributed by atoms with Crippen LogP contribution in [0, 0.1) is 0 Å². The summed E-state index contributed by atoms with van der Waals surface area (Å²) in [4.78, 5) is 0. The molecule has 0 aliphatic carbocycles. The van der Waals surface area contributed by atoms with Crippen molar-refractivity contribution < 1.29 is 37.3 Å². The van der Waals surface area contributed by atoms with Gasteiger partial charge in [0.15, 0.2) is 5.60 Å². The number of aliphatic hydroxyl groups is 3. The zero-order valence-corrected chi connectivity index (χ0v) is 9.62. The van der Waals surface area contributed by atoms with Crippen molar-refractivity contribution in [1.82, 2.24) is 0 Å². The van der Waals surface area contributed by atoms with Gasteiger partial charge >= 0.3 is 17.9 Å². The maximum Gasteiger partial charge on any atom is 0.449 e. The highest BCUT2D eigenvalue weighted by molar-refractivity contribution is 5.25. The Labute approximate surface area is 104 Å². The minimum absolute atomic E-state index is 0.370. The van der Waals surface area contributed by atoms with E-state index in [1.807, 2.05) is 0 Å². The van der Waals surface area contributed by atoms with Crippen molar-refractivity contribution in [2.45, 2.75) is 30.4 Å². The van der Waals surface area contributed by atoms with Crippen LogP contribution in [0.1, 0.15) is 12.5 Å². The molecule has 0 saturated carbocycles. The predicted octanol–water partition coefficient (Wildman–Crippen LogP) is 1.77. The van der Waals surface area contributed by atoms with E-state index in [1.165, 1.54) is 18.2 Å². The molecule has 1 aromatic rings. The Bertz CT molecular complexity index is 439. The summed E-state index contributed by atoms with van der Waals surface area (Å²) in [5.41, 5.74) is -4.01. The molecule has 0 fully saturated rings. The fraction of sp³-hybridized carbons (Fsp3) is 0.455. The molecule has 0 heterocycles. The molecule has 0 aromatic heterocycles. The molecule has 3 N–H and O–H groups in total. The minimum Gasteiger partial charge on any atom is -0.379 e. The average molecular weight is 286 g/mol. The Morgan fingerprint density at radius 1 is 0.842 bits per heavy atom. The van der Waals surface area contributed by atoms with Gasteiger partial charge in [0.25, 0.3) is 0 Å². The second-order valence-corrected chi connectivity index (χ2v) is 4.18. The van der Waals surface area contributed by atoms with E-state index < -0.39 is 29.1 Å². The maximum absolute atomic E-state index is 13.7. The van der Waals surface area contributed by atoms with E-state index >= 15 is 0 Å². The predicted molar refractivity (Wildman–Crippen MR) is 54.2 cm³/mol. The monoisotopic (exact) mass is 286 g/mol. The molecule has 3 nitrogen and oxygen atoms in total. The second-order valence-electron chi connectivity index (χ2n) is 4.18. The van der Waals surface area contributed by atoms with Crippen LogP contribution >= 0.6 is 0 Å². The summed E-state index contributed by atoms with van der Waals surface area (Å²) < 4.78 is 64.2. The molecule has 0 aliphatic rings. The summed E-state index contributed by atoms with van der Waals surface area (Å²) in [6, 6.07) is 5.71. The third-order valence-corrected chi connectivity index (χ3v) is 2.78. The van der Waals surface area contributed by atoms with Crippen molar-refractivity contribution >= 4 is 0 Å². The van der Waals surface area contributed by atoms with Gasteiger partial charge in [0.1, 0.15) is 0 Å². The Kier molecular flexibility index (Phi) is 3.66. The molecular weight excluding hydrogens is 275 g/mol. The largest absolute Gasteiger partial charge is 0.449 e. The van der Waals surface area contributed by atoms with Crippen molar-refractivity contribution in [2.75, 3.05) is 0 Å². The molecule has 1 unspecified atom stereocenters. The summed E-state index contributed by atoms with van der Waals surface area (Å²) >= 11 is 0. The van der Waals surface area contributed by atoms with Gasteiger partial charge in [-0.1, -0.05) is 30.3 Å². The number of rotatable bonds is 3. The highest BCUT2D eigenvalue weighted by Crippen LogP contribution is 2.49. The SMILES string of the molecule is CC(O)(c1ccccc1)C(F)(F)C(O)(O)C(F)(F)F. The molecular formula is C11H11F5O3. The van der Waals surface area contributed by atoms with E-state index in [9.17, 15) is 27.1 Å². The van der Waals surface area contributed by atoms with Crippen LogP contribution in [-0.2, 0) is 5.60 Å². The lowest BCUT2D eigenvalue weighted by Crippen LogP contribution is -2.66. The van der Waals surface area contributed by atoms with Crippen LogP contribution < -0.4 is 0 Å². The van der Waals surface area contributed by atoms with Crippen LogP contribution in [0.4, 0.5) is 22.0 Å². The van der Waals surface area contributed by atoms with Crippen LogP contribution in [0.5, 0.6) is 0 Å². The Hall–Kier alpha value is -1.25. The molecule has 19 heavy (non-hydrogen) atoms. The van der Waals surface area contributed by atoms with Gasteiger partial charge in [0.2, 0.25) is 0 Å². The van der Waals surface area contributed by atoms with Gasteiger partial charge in [-0.25, -0.2) is 0 Å². The van der Waals surface area contributed by atoms with Crippen LogP contribution in [0.3, 0.4) is 0 Å². The van der Waals surface area contributed by atoms with Crippen molar-refractivity contribution in [1.29, 1.82) is 0 Å². The zero-order valence-electron chi connectivity index (χ0n) is 9.62. The third kappa shape index (κ3) is 2.31. The normalized spacial score (nSPS) is 17.1. The van der Waals surface area contributed by atoms with Crippen molar-refractivity contribution in [3.05, 3.63) is 35.9 Å². The number of hydrogen-bond acceptors (Lipinski definition) is 3. The van der Waals surface area contributed by atoms with E-state index in [0.717, 1.165) is 12.1 Å². The zero-order chi connectivity index (χ0) is 15.1. The highest BCUT2D eigenvalue weighted by Gasteiger charge is 2.75. The van der Waals surface area contributed by atoms with E-state index in [2.05, 4.69) is 0 Å². The van der Waals surface area contributed by atoms with Crippen LogP contribution in [0.15, 0.2) is 30.3 Å². The first-order valence-corrected chi connectivity index (χ1v) is 5.03. The second kappa shape index (κ2) is 4.39. The first-order valence-electron chi connectivity index (χ1n) is 5.03. The molecule has 0 bridgehead atoms. The average Bonchev–Trinajstić information content (AvgIpc) is 2.28. The lowest BCUT2D eigenvalue weighted by Gasteiger charge is -2.40. The minimum atomic E-state index is -6.03. The number of alkyl halides is 5. The molecule has 0 radical (unpaired) electrons. The summed E-state index contributed by atoms with van der Waals surface area (Å²) in [5.74, 6) is -10.6. The van der Waals surface area contributed by atoms with E-state index in [0.29, 0.717) is 6.92 Å². The van der Waals surface area contributed by atoms with E-state index in [-0.39, 0.29) is 0 Å². The maximum atomic E-state index is 13.7. The lowest BCUT2D eigenvalue weighted by atomic mass is 9.84. The topological polar surface area (TPSA) is 60.7 Å². The molecule has 108 valence electrons. The molecule has 0 saturated heterocycles. The van der Waals surface area contributed by atoms with E-state index in [1.54, 1.807) is 0 Å². The standard InChI is InChI=1S/C11H11F5O3/c1-8(17,7-5-3-2-4-6-7)9(12,13)10(18,19)11(14,15)16/h2-6,17-19H,1H3. The fourth-order valence-corrected chi connectivity index (χ4v) is 1.46. The summed E-state index contributed by atoms with van der Waals surface area (Å²) in [7, 11) is 0. The smallest absolute Gasteiger partial charge is 0.379 e. The molecule has 0 aliphatic heterocycles. The first-order chi connectivity index (χ1) is 8.36. The van der Waals surface area contributed by atoms with Gasteiger partial charge < -0.3 is 15.3 Å². The Balaban J connectivity index is 3.34. The number of hydrogen-bond donors (Lipinski definition) is 3. The molecule has 8 heteroatoms. The fourth-order valence-electron chi connectivity index (χ4n) is 1.46. The van der Waals surface area contributed by atoms with Gasteiger partial charge in [0, 0.05) is 0 Å². The lowest BCUT2D eigenvalue weighted by molar-refractivity contribution is -0.442. The Morgan fingerprint density at radius 2 is 1.26 bits per heavy atom. The van der Waals surface area contributed by atoms with Crippen molar-refractivity contribution in [3.63, 3.8) is 0 Å². The van der Waals surface area contributed by atoms with Gasteiger partial charge in [0.05, 0.1) is 0 Å². The quantitative estimate of drug-likeness (QED) is 0.586. The first kappa shape index (κ1) is 15.8. The molecule has 1 atom stereocenters. The van der Waals surface area contributed by atoms with Crippen molar-refractivity contribution in [2.24, 2.45) is 0 Å². The summed E-state index contributed by atoms with van der Waals surface area (Å²) in [6.07, 6.45) is -6.03. The molecule has 0 amide bonds. The molecule has 0 spiro atoms. The van der Waals surface area contributed by atoms with Gasteiger partial charge in [-0.2, -0.15) is 22.0 Å². The van der Waals surface area contributed by atoms with Crippen molar-refractivity contribution in [3.8, 4) is 0 Å². The third-order valence-electron chi connectivity index (χ3n) is 2.78. The van der Waals surface area contributed by atoms with Gasteiger partial charge in [-0.15, -0.1) is 0 Å². The summed E-state index contributed by atoms with van der Waals surface area (Å²) in [6.45, 7) is 0.370. The van der Waals surface area contributed by atoms with Crippen LogP contribution in [0.2, 0.25) is 0 Å². The van der Waals surface area contributed by atoms with Crippen LogP contribution in [0.25, 0.3) is 0 Å². The van der Waals surface area contributed by atoms with E-state index in [4.69, 9.17) is 10.2 Å². The highest BCUT2D eigenvalue weighted by atomic mass is 19.4. The van der Waals surface area contributed by atoms with Crippen LogP contribution in [-0.4, -0.2) is 33.2 Å². The van der Waals surface area contributed by atoms with Gasteiger partial charge in [-0.05, 0) is 12.5 Å². The summed E-state index contributed by atoms with van der Waals surface area (Å²) in [5, 5.41) is 27.0. The van der Waals surface area contributed by atoms with Gasteiger partial charge in [-0.3, -0.25) is 0 Å². The number of benzene rings is 1.